The molecule has 2 aromatic rings. The number of non-ortho nitro benzene ring substituents is 1. The van der Waals surface area contributed by atoms with Crippen molar-refractivity contribution >= 4 is 21.7 Å². The number of methoxy groups -OCH3 is 1. The zero-order valence-electron chi connectivity index (χ0n) is 12.5. The van der Waals surface area contributed by atoms with Crippen LogP contribution in [-0.4, -0.2) is 31.4 Å². The van der Waals surface area contributed by atoms with Gasteiger partial charge >= 0.3 is 5.97 Å². The minimum atomic E-state index is -3.87. The largest absolute Gasteiger partial charge is 0.465 e. The van der Waals surface area contributed by atoms with Crippen molar-refractivity contribution in [1.82, 2.24) is 9.71 Å². The van der Waals surface area contributed by atoms with Crippen molar-refractivity contribution < 1.29 is 22.9 Å². The molecule has 24 heavy (non-hydrogen) atoms. The highest BCUT2D eigenvalue weighted by atomic mass is 32.2. The number of nitrogens with one attached hydrogen (secondary N) is 1. The van der Waals surface area contributed by atoms with E-state index in [1.165, 1.54) is 25.4 Å². The van der Waals surface area contributed by atoms with Crippen LogP contribution in [0.25, 0.3) is 0 Å². The molecule has 0 saturated heterocycles. The van der Waals surface area contributed by atoms with Crippen LogP contribution in [0.2, 0.25) is 0 Å². The number of carbonyl (C=O) groups excluding carboxylic acids is 1. The van der Waals surface area contributed by atoms with E-state index in [2.05, 4.69) is 14.4 Å². The Morgan fingerprint density at radius 3 is 2.54 bits per heavy atom. The number of pyridine rings is 1. The molecule has 0 spiro atoms. The first-order valence-corrected chi connectivity index (χ1v) is 8.09. The fourth-order valence-corrected chi connectivity index (χ4v) is 2.82. The SMILES string of the molecule is COC(=O)c1ccnc(CNS(=O)(=O)c2ccc([N+](=O)[O-])cc2)c1. The minimum Gasteiger partial charge on any atom is -0.465 e. The third-order valence-corrected chi connectivity index (χ3v) is 4.46. The Balaban J connectivity index is 2.12. The number of ether oxygens (including phenoxy) is 1. The first kappa shape index (κ1) is 17.5. The van der Waals surface area contributed by atoms with Crippen molar-refractivity contribution in [2.24, 2.45) is 0 Å². The van der Waals surface area contributed by atoms with Crippen molar-refractivity contribution in [2.45, 2.75) is 11.4 Å². The summed E-state index contributed by atoms with van der Waals surface area (Å²) in [4.78, 5) is 25.2. The van der Waals surface area contributed by atoms with Gasteiger partial charge in [0.25, 0.3) is 5.69 Å². The van der Waals surface area contributed by atoms with E-state index in [1.807, 2.05) is 0 Å². The third kappa shape index (κ3) is 4.12. The van der Waals surface area contributed by atoms with Crippen molar-refractivity contribution in [2.75, 3.05) is 7.11 Å². The number of hydrogen-bond donors (Lipinski definition) is 1. The lowest BCUT2D eigenvalue weighted by molar-refractivity contribution is -0.384. The number of aromatic nitrogens is 1. The highest BCUT2D eigenvalue weighted by Crippen LogP contribution is 2.16. The van der Waals surface area contributed by atoms with Crippen LogP contribution in [0.3, 0.4) is 0 Å². The van der Waals surface area contributed by atoms with Gasteiger partial charge in [-0.1, -0.05) is 0 Å². The number of esters is 1. The first-order valence-electron chi connectivity index (χ1n) is 6.61. The summed E-state index contributed by atoms with van der Waals surface area (Å²) in [5.41, 5.74) is 0.363. The molecule has 0 atom stereocenters. The predicted octanol–water partition coefficient (Wildman–Crippen LogP) is 1.25. The number of nitro groups is 1. The highest BCUT2D eigenvalue weighted by Gasteiger charge is 2.16. The minimum absolute atomic E-state index is 0.114. The second-order valence-corrected chi connectivity index (χ2v) is 6.37. The van der Waals surface area contributed by atoms with E-state index in [0.717, 1.165) is 24.3 Å². The average molecular weight is 351 g/mol. The molecular formula is C14H13N3O6S. The summed E-state index contributed by atoms with van der Waals surface area (Å²) in [6.45, 7) is -0.149. The molecule has 2 rings (SSSR count). The number of nitrogens with zero attached hydrogens (tertiary/aromatic N) is 2. The maximum atomic E-state index is 12.2. The molecule has 1 aromatic heterocycles. The van der Waals surface area contributed by atoms with E-state index in [0.29, 0.717) is 5.69 Å². The topological polar surface area (TPSA) is 128 Å². The molecule has 0 aliphatic carbocycles. The molecule has 1 aromatic carbocycles. The Hall–Kier alpha value is -2.85. The molecule has 0 saturated carbocycles. The lowest BCUT2D eigenvalue weighted by atomic mass is 10.2. The van der Waals surface area contributed by atoms with Crippen LogP contribution in [0.4, 0.5) is 5.69 Å². The Morgan fingerprint density at radius 2 is 1.96 bits per heavy atom. The molecule has 0 radical (unpaired) electrons. The van der Waals surface area contributed by atoms with Crippen LogP contribution in [-0.2, 0) is 21.3 Å². The van der Waals surface area contributed by atoms with Gasteiger partial charge in [-0.25, -0.2) is 17.9 Å². The molecule has 0 bridgehead atoms. The molecule has 126 valence electrons. The maximum absolute atomic E-state index is 12.2. The number of sulfonamides is 1. The van der Waals surface area contributed by atoms with Crippen LogP contribution in [0, 0.1) is 10.1 Å². The zero-order valence-corrected chi connectivity index (χ0v) is 13.3. The van der Waals surface area contributed by atoms with E-state index in [4.69, 9.17) is 0 Å². The normalized spacial score (nSPS) is 11.0. The maximum Gasteiger partial charge on any atom is 0.337 e. The van der Waals surface area contributed by atoms with Gasteiger partial charge in [-0.05, 0) is 24.3 Å². The van der Waals surface area contributed by atoms with Crippen LogP contribution in [0.1, 0.15) is 16.1 Å². The van der Waals surface area contributed by atoms with Gasteiger partial charge in [-0.2, -0.15) is 0 Å². The number of carbonyl (C=O) groups is 1. The molecule has 0 unspecified atom stereocenters. The zero-order chi connectivity index (χ0) is 17.7. The van der Waals surface area contributed by atoms with E-state index in [9.17, 15) is 23.3 Å². The van der Waals surface area contributed by atoms with Crippen molar-refractivity contribution in [1.29, 1.82) is 0 Å². The van der Waals surface area contributed by atoms with Crippen molar-refractivity contribution in [3.8, 4) is 0 Å². The van der Waals surface area contributed by atoms with Gasteiger partial charge < -0.3 is 4.74 Å². The summed E-state index contributed by atoms with van der Waals surface area (Å²) in [5, 5.41) is 10.6. The quantitative estimate of drug-likeness (QED) is 0.471. The summed E-state index contributed by atoms with van der Waals surface area (Å²) in [7, 11) is -2.63. The van der Waals surface area contributed by atoms with Crippen LogP contribution in [0.5, 0.6) is 0 Å². The summed E-state index contributed by atoms with van der Waals surface area (Å²) < 4.78 is 31.2. The van der Waals surface area contributed by atoms with Gasteiger partial charge in [0.1, 0.15) is 0 Å². The number of hydrogen-bond acceptors (Lipinski definition) is 7. The van der Waals surface area contributed by atoms with E-state index in [1.54, 1.807) is 0 Å². The molecule has 1 N–H and O–H groups in total. The number of nitro benzene ring substituents is 1. The van der Waals surface area contributed by atoms with E-state index >= 15 is 0 Å². The fraction of sp³-hybridized carbons (Fsp3) is 0.143. The van der Waals surface area contributed by atoms with Crippen molar-refractivity contribution in [3.05, 3.63) is 64.0 Å². The van der Waals surface area contributed by atoms with Gasteiger partial charge in [-0.3, -0.25) is 15.1 Å². The van der Waals surface area contributed by atoms with Gasteiger partial charge in [0, 0.05) is 18.3 Å². The molecular weight excluding hydrogens is 338 g/mol. The molecule has 0 aliphatic rings. The lowest BCUT2D eigenvalue weighted by Crippen LogP contribution is -2.23. The van der Waals surface area contributed by atoms with Gasteiger partial charge in [0.15, 0.2) is 0 Å². The van der Waals surface area contributed by atoms with Crippen LogP contribution in [0.15, 0.2) is 47.5 Å². The predicted molar refractivity (Wildman–Crippen MR) is 82.7 cm³/mol. The summed E-state index contributed by atoms with van der Waals surface area (Å²) in [6.07, 6.45) is 1.36. The standard InChI is InChI=1S/C14H13N3O6S/c1-23-14(18)10-6-7-15-11(8-10)9-16-24(21,22)13-4-2-12(3-5-13)17(19)20/h2-8,16H,9H2,1H3. The average Bonchev–Trinajstić information content (AvgIpc) is 2.59. The van der Waals surface area contributed by atoms with Gasteiger partial charge in [0.05, 0.1) is 34.7 Å². The second-order valence-electron chi connectivity index (χ2n) is 4.60. The molecule has 0 fully saturated rings. The Labute approximate surface area is 137 Å². The number of rotatable bonds is 6. The Morgan fingerprint density at radius 1 is 1.29 bits per heavy atom. The molecule has 9 nitrogen and oxygen atoms in total. The van der Waals surface area contributed by atoms with Crippen LogP contribution >= 0.6 is 0 Å². The second kappa shape index (κ2) is 7.15. The third-order valence-electron chi connectivity index (χ3n) is 3.04. The van der Waals surface area contributed by atoms with E-state index < -0.39 is 20.9 Å². The number of benzene rings is 1. The molecule has 10 heteroatoms. The molecule has 1 heterocycles. The smallest absolute Gasteiger partial charge is 0.337 e. The lowest BCUT2D eigenvalue weighted by Gasteiger charge is -2.07. The first-order chi connectivity index (χ1) is 11.3. The van der Waals surface area contributed by atoms with E-state index in [-0.39, 0.29) is 22.7 Å². The van der Waals surface area contributed by atoms with Crippen molar-refractivity contribution in [3.63, 3.8) is 0 Å². The monoisotopic (exact) mass is 351 g/mol. The molecule has 0 amide bonds. The molecule has 0 aliphatic heterocycles. The highest BCUT2D eigenvalue weighted by molar-refractivity contribution is 7.89. The Kier molecular flexibility index (Phi) is 5.21. The summed E-state index contributed by atoms with van der Waals surface area (Å²) >= 11 is 0. The van der Waals surface area contributed by atoms with Gasteiger partial charge in [-0.15, -0.1) is 0 Å². The van der Waals surface area contributed by atoms with Crippen LogP contribution < -0.4 is 4.72 Å². The van der Waals surface area contributed by atoms with Gasteiger partial charge in [0.2, 0.25) is 10.0 Å². The fourth-order valence-electron chi connectivity index (χ4n) is 1.82. The Bertz CT molecular complexity index is 864. The summed E-state index contributed by atoms with van der Waals surface area (Å²) in [6, 6.07) is 7.33. The summed E-state index contributed by atoms with van der Waals surface area (Å²) in [5.74, 6) is -0.558.